The number of aromatic hydroxyl groups is 1. The molecule has 2 rings (SSSR count). The van der Waals surface area contributed by atoms with Gasteiger partial charge in [-0.2, -0.15) is 5.26 Å². The number of hydrogen-bond acceptors (Lipinski definition) is 3. The molecule has 96 valence electrons. The van der Waals surface area contributed by atoms with Crippen LogP contribution in [0.1, 0.15) is 30.9 Å². The SMILES string of the molecule is CC(C)c1ccc(-c2cc(=O)[nH]c(O)c2C#N)cc1. The maximum absolute atomic E-state index is 11.4. The second-order valence-electron chi connectivity index (χ2n) is 4.66. The Balaban J connectivity index is 2.59. The smallest absolute Gasteiger partial charge is 0.251 e. The molecule has 0 unspecified atom stereocenters. The van der Waals surface area contributed by atoms with Crippen molar-refractivity contribution in [2.75, 3.05) is 0 Å². The highest BCUT2D eigenvalue weighted by atomic mass is 16.3. The van der Waals surface area contributed by atoms with Crippen LogP contribution in [0, 0.1) is 11.3 Å². The Morgan fingerprint density at radius 1 is 1.26 bits per heavy atom. The Hall–Kier alpha value is -2.54. The van der Waals surface area contributed by atoms with Gasteiger partial charge in [-0.05, 0) is 17.0 Å². The fraction of sp³-hybridized carbons (Fsp3) is 0.200. The second kappa shape index (κ2) is 4.99. The van der Waals surface area contributed by atoms with Crippen molar-refractivity contribution in [3.05, 3.63) is 51.8 Å². The largest absolute Gasteiger partial charge is 0.494 e. The van der Waals surface area contributed by atoms with Gasteiger partial charge in [0, 0.05) is 11.6 Å². The molecule has 1 aromatic carbocycles. The maximum atomic E-state index is 11.4. The van der Waals surface area contributed by atoms with Crippen LogP contribution < -0.4 is 5.56 Å². The van der Waals surface area contributed by atoms with Crippen molar-refractivity contribution in [1.29, 1.82) is 5.26 Å². The van der Waals surface area contributed by atoms with Gasteiger partial charge >= 0.3 is 0 Å². The van der Waals surface area contributed by atoms with Crippen LogP contribution in [-0.2, 0) is 0 Å². The predicted octanol–water partition coefficient (Wildman–Crippen LogP) is 2.74. The van der Waals surface area contributed by atoms with Gasteiger partial charge in [0.15, 0.2) is 0 Å². The summed E-state index contributed by atoms with van der Waals surface area (Å²) in [4.78, 5) is 13.6. The molecule has 1 aromatic heterocycles. The van der Waals surface area contributed by atoms with Crippen LogP contribution in [0.15, 0.2) is 35.1 Å². The van der Waals surface area contributed by atoms with Crippen molar-refractivity contribution in [3.63, 3.8) is 0 Å². The molecular formula is C15H14N2O2. The molecule has 0 aliphatic rings. The monoisotopic (exact) mass is 254 g/mol. The molecule has 0 amide bonds. The third kappa shape index (κ3) is 2.50. The van der Waals surface area contributed by atoms with Crippen LogP contribution in [0.3, 0.4) is 0 Å². The normalized spacial score (nSPS) is 10.4. The molecule has 0 aliphatic heterocycles. The van der Waals surface area contributed by atoms with Crippen molar-refractivity contribution in [2.45, 2.75) is 19.8 Å². The summed E-state index contributed by atoms with van der Waals surface area (Å²) < 4.78 is 0. The van der Waals surface area contributed by atoms with Gasteiger partial charge in [0.2, 0.25) is 5.88 Å². The van der Waals surface area contributed by atoms with Gasteiger partial charge in [-0.1, -0.05) is 38.1 Å². The van der Waals surface area contributed by atoms with Crippen LogP contribution >= 0.6 is 0 Å². The van der Waals surface area contributed by atoms with Crippen LogP contribution in [0.5, 0.6) is 5.88 Å². The lowest BCUT2D eigenvalue weighted by Crippen LogP contribution is -2.06. The summed E-state index contributed by atoms with van der Waals surface area (Å²) in [7, 11) is 0. The van der Waals surface area contributed by atoms with E-state index < -0.39 is 11.4 Å². The first-order valence-electron chi connectivity index (χ1n) is 5.99. The second-order valence-corrected chi connectivity index (χ2v) is 4.66. The quantitative estimate of drug-likeness (QED) is 0.865. The van der Waals surface area contributed by atoms with Crippen molar-refractivity contribution in [3.8, 4) is 23.1 Å². The number of nitriles is 1. The number of hydrogen-bond donors (Lipinski definition) is 2. The highest BCUT2D eigenvalue weighted by Gasteiger charge is 2.11. The van der Waals surface area contributed by atoms with Crippen LogP contribution in [0.2, 0.25) is 0 Å². The molecule has 0 spiro atoms. The lowest BCUT2D eigenvalue weighted by atomic mass is 9.97. The molecule has 0 fully saturated rings. The number of nitrogens with zero attached hydrogens (tertiary/aromatic N) is 1. The Bertz CT molecular complexity index is 692. The Kier molecular flexibility index (Phi) is 3.39. The van der Waals surface area contributed by atoms with Crippen molar-refractivity contribution < 1.29 is 5.11 Å². The first kappa shape index (κ1) is 12.9. The number of rotatable bonds is 2. The molecule has 2 N–H and O–H groups in total. The molecule has 1 heterocycles. The number of aromatic amines is 1. The van der Waals surface area contributed by atoms with Gasteiger partial charge in [0.25, 0.3) is 5.56 Å². The molecule has 0 saturated heterocycles. The highest BCUT2D eigenvalue weighted by Crippen LogP contribution is 2.27. The zero-order valence-electron chi connectivity index (χ0n) is 10.8. The number of pyridine rings is 1. The van der Waals surface area contributed by atoms with E-state index in [1.807, 2.05) is 30.3 Å². The summed E-state index contributed by atoms with van der Waals surface area (Å²) in [5.74, 6) is 0.0232. The number of nitrogens with one attached hydrogen (secondary N) is 1. The van der Waals surface area contributed by atoms with E-state index in [9.17, 15) is 9.90 Å². The van der Waals surface area contributed by atoms with E-state index in [2.05, 4.69) is 18.8 Å². The fourth-order valence-electron chi connectivity index (χ4n) is 1.93. The predicted molar refractivity (Wildman–Crippen MR) is 73.0 cm³/mol. The minimum absolute atomic E-state index is 0.0805. The topological polar surface area (TPSA) is 76.9 Å². The first-order chi connectivity index (χ1) is 9.02. The Morgan fingerprint density at radius 2 is 1.89 bits per heavy atom. The Morgan fingerprint density at radius 3 is 2.42 bits per heavy atom. The third-order valence-electron chi connectivity index (χ3n) is 3.02. The summed E-state index contributed by atoms with van der Waals surface area (Å²) in [6, 6.07) is 10.8. The lowest BCUT2D eigenvalue weighted by molar-refractivity contribution is 0.450. The van der Waals surface area contributed by atoms with Gasteiger partial charge in [0.05, 0.1) is 0 Å². The summed E-state index contributed by atoms with van der Waals surface area (Å²) >= 11 is 0. The molecular weight excluding hydrogens is 240 g/mol. The van der Waals surface area contributed by atoms with Crippen molar-refractivity contribution in [1.82, 2.24) is 4.98 Å². The standard InChI is InChI=1S/C15H14N2O2/c1-9(2)10-3-5-11(6-4-10)12-7-14(18)17-15(19)13(12)8-16/h3-7,9H,1-2H3,(H2,17,18,19). The number of benzene rings is 1. The highest BCUT2D eigenvalue weighted by molar-refractivity contribution is 5.72. The molecule has 2 aromatic rings. The van der Waals surface area contributed by atoms with E-state index in [-0.39, 0.29) is 5.56 Å². The van der Waals surface area contributed by atoms with E-state index >= 15 is 0 Å². The van der Waals surface area contributed by atoms with Crippen molar-refractivity contribution >= 4 is 0 Å². The van der Waals surface area contributed by atoms with E-state index in [0.717, 1.165) is 5.56 Å². The zero-order chi connectivity index (χ0) is 14.0. The molecule has 4 nitrogen and oxygen atoms in total. The summed E-state index contributed by atoms with van der Waals surface area (Å²) in [6.45, 7) is 4.18. The zero-order valence-corrected chi connectivity index (χ0v) is 10.8. The number of aromatic nitrogens is 1. The first-order valence-corrected chi connectivity index (χ1v) is 5.99. The lowest BCUT2D eigenvalue weighted by Gasteiger charge is -2.08. The fourth-order valence-corrected chi connectivity index (χ4v) is 1.93. The van der Waals surface area contributed by atoms with Gasteiger partial charge < -0.3 is 5.11 Å². The average molecular weight is 254 g/mol. The van der Waals surface area contributed by atoms with Crippen LogP contribution in [-0.4, -0.2) is 10.1 Å². The van der Waals surface area contributed by atoms with E-state index in [1.165, 1.54) is 11.6 Å². The Labute approximate surface area is 111 Å². The third-order valence-corrected chi connectivity index (χ3v) is 3.02. The van der Waals surface area contributed by atoms with E-state index in [1.54, 1.807) is 0 Å². The summed E-state index contributed by atoms with van der Waals surface area (Å²) in [5, 5.41) is 18.7. The van der Waals surface area contributed by atoms with Crippen LogP contribution in [0.4, 0.5) is 0 Å². The van der Waals surface area contributed by atoms with Crippen molar-refractivity contribution in [2.24, 2.45) is 0 Å². The molecule has 0 aliphatic carbocycles. The molecule has 4 heteroatoms. The van der Waals surface area contributed by atoms with E-state index in [0.29, 0.717) is 11.5 Å². The maximum Gasteiger partial charge on any atom is 0.251 e. The van der Waals surface area contributed by atoms with Gasteiger partial charge in [-0.3, -0.25) is 9.78 Å². The van der Waals surface area contributed by atoms with Gasteiger partial charge in [-0.15, -0.1) is 0 Å². The average Bonchev–Trinajstić information content (AvgIpc) is 2.38. The van der Waals surface area contributed by atoms with E-state index in [4.69, 9.17) is 5.26 Å². The molecule has 0 saturated carbocycles. The number of H-pyrrole nitrogens is 1. The van der Waals surface area contributed by atoms with Gasteiger partial charge in [-0.25, -0.2) is 0 Å². The minimum atomic E-state index is -0.431. The summed E-state index contributed by atoms with van der Waals surface area (Å²) in [5.41, 5.74) is 2.01. The summed E-state index contributed by atoms with van der Waals surface area (Å²) in [6.07, 6.45) is 0. The molecule has 0 bridgehead atoms. The molecule has 19 heavy (non-hydrogen) atoms. The molecule has 0 radical (unpaired) electrons. The van der Waals surface area contributed by atoms with Crippen LogP contribution in [0.25, 0.3) is 11.1 Å². The minimum Gasteiger partial charge on any atom is -0.494 e. The molecule has 0 atom stereocenters. The van der Waals surface area contributed by atoms with Gasteiger partial charge in [0.1, 0.15) is 11.6 Å².